The highest BCUT2D eigenvalue weighted by Gasteiger charge is 2.32. The van der Waals surface area contributed by atoms with E-state index in [1.54, 1.807) is 12.1 Å². The normalized spacial score (nSPS) is 12.7. The Balaban J connectivity index is 2.45. The SMILES string of the molecule is C#CCC1=C(NC(=O)CCCC)C(=O)c2cc(OC)c(OC)cc21. The highest BCUT2D eigenvalue weighted by atomic mass is 16.5. The topological polar surface area (TPSA) is 64.6 Å². The highest BCUT2D eigenvalue weighted by molar-refractivity contribution is 6.22. The predicted molar refractivity (Wildman–Crippen MR) is 91.9 cm³/mol. The molecule has 0 saturated heterocycles. The van der Waals surface area contributed by atoms with E-state index < -0.39 is 0 Å². The van der Waals surface area contributed by atoms with E-state index in [4.69, 9.17) is 15.9 Å². The van der Waals surface area contributed by atoms with Gasteiger partial charge in [0.2, 0.25) is 11.7 Å². The minimum absolute atomic E-state index is 0.179. The maximum absolute atomic E-state index is 12.7. The van der Waals surface area contributed by atoms with E-state index >= 15 is 0 Å². The van der Waals surface area contributed by atoms with Crippen molar-refractivity contribution < 1.29 is 19.1 Å². The summed E-state index contributed by atoms with van der Waals surface area (Å²) >= 11 is 0. The average molecular weight is 327 g/mol. The Morgan fingerprint density at radius 2 is 1.83 bits per heavy atom. The fraction of sp³-hybridized carbons (Fsp3) is 0.368. The number of terminal acetylenes is 1. The molecule has 24 heavy (non-hydrogen) atoms. The molecule has 0 saturated carbocycles. The number of fused-ring (bicyclic) bond motifs is 1. The molecular weight excluding hydrogens is 306 g/mol. The van der Waals surface area contributed by atoms with Gasteiger partial charge in [0, 0.05) is 18.4 Å². The lowest BCUT2D eigenvalue weighted by molar-refractivity contribution is -0.120. The van der Waals surface area contributed by atoms with Crippen LogP contribution in [0.2, 0.25) is 0 Å². The molecule has 0 fully saturated rings. The highest BCUT2D eigenvalue weighted by Crippen LogP contribution is 2.40. The second kappa shape index (κ2) is 7.69. The molecule has 0 aliphatic heterocycles. The number of amides is 1. The van der Waals surface area contributed by atoms with Crippen molar-refractivity contribution in [2.24, 2.45) is 0 Å². The van der Waals surface area contributed by atoms with Gasteiger partial charge in [-0.2, -0.15) is 0 Å². The number of benzene rings is 1. The van der Waals surface area contributed by atoms with Crippen molar-refractivity contribution in [3.8, 4) is 23.8 Å². The van der Waals surface area contributed by atoms with Crippen LogP contribution >= 0.6 is 0 Å². The Bertz CT molecular complexity index is 740. The summed E-state index contributed by atoms with van der Waals surface area (Å²) in [5.74, 6) is 3.09. The maximum atomic E-state index is 12.7. The monoisotopic (exact) mass is 327 g/mol. The first-order valence-corrected chi connectivity index (χ1v) is 7.84. The third-order valence-corrected chi connectivity index (χ3v) is 3.92. The van der Waals surface area contributed by atoms with E-state index in [9.17, 15) is 9.59 Å². The summed E-state index contributed by atoms with van der Waals surface area (Å²) < 4.78 is 10.5. The second-order valence-electron chi connectivity index (χ2n) is 5.47. The van der Waals surface area contributed by atoms with Gasteiger partial charge in [-0.1, -0.05) is 13.3 Å². The van der Waals surface area contributed by atoms with Gasteiger partial charge in [-0.25, -0.2) is 0 Å². The van der Waals surface area contributed by atoms with E-state index in [1.165, 1.54) is 14.2 Å². The molecule has 0 unspecified atom stereocenters. The molecule has 1 aliphatic rings. The molecule has 0 spiro atoms. The number of ether oxygens (including phenoxy) is 2. The van der Waals surface area contributed by atoms with Crippen molar-refractivity contribution in [1.29, 1.82) is 0 Å². The number of carbonyl (C=O) groups excluding carboxylic acids is 2. The van der Waals surface area contributed by atoms with Gasteiger partial charge in [-0.3, -0.25) is 9.59 Å². The fourth-order valence-electron chi connectivity index (χ4n) is 2.68. The Labute approximate surface area is 142 Å². The van der Waals surface area contributed by atoms with Crippen LogP contribution in [0.15, 0.2) is 17.8 Å². The standard InChI is InChI=1S/C19H21NO4/c1-5-7-9-17(21)20-18-12(8-6-2)13-10-15(23-3)16(24-4)11-14(13)19(18)22/h2,10-11H,5,7-9H2,1,3-4H3,(H,20,21,22). The largest absolute Gasteiger partial charge is 0.493 e. The van der Waals surface area contributed by atoms with E-state index in [-0.39, 0.29) is 23.8 Å². The number of nitrogens with one attached hydrogen (secondary N) is 1. The molecule has 1 aromatic carbocycles. The van der Waals surface area contributed by atoms with Crippen LogP contribution in [0.3, 0.4) is 0 Å². The van der Waals surface area contributed by atoms with Gasteiger partial charge in [0.15, 0.2) is 11.5 Å². The molecular formula is C19H21NO4. The van der Waals surface area contributed by atoms with Gasteiger partial charge in [-0.05, 0) is 29.7 Å². The number of carbonyl (C=O) groups is 2. The molecule has 0 heterocycles. The van der Waals surface area contributed by atoms with Gasteiger partial charge in [-0.15, -0.1) is 12.3 Å². The molecule has 2 rings (SSSR count). The van der Waals surface area contributed by atoms with Crippen LogP contribution in [0.4, 0.5) is 0 Å². The summed E-state index contributed by atoms with van der Waals surface area (Å²) in [5, 5.41) is 2.73. The zero-order chi connectivity index (χ0) is 17.7. The summed E-state index contributed by atoms with van der Waals surface area (Å²) in [6.07, 6.45) is 7.75. The molecule has 1 N–H and O–H groups in total. The first kappa shape index (κ1) is 17.6. The number of hydrogen-bond donors (Lipinski definition) is 1. The minimum atomic E-state index is -0.249. The Hall–Kier alpha value is -2.74. The summed E-state index contributed by atoms with van der Waals surface area (Å²) in [6, 6.07) is 3.35. The lowest BCUT2D eigenvalue weighted by Crippen LogP contribution is -2.26. The molecule has 5 nitrogen and oxygen atoms in total. The van der Waals surface area contributed by atoms with Crippen LogP contribution in [-0.2, 0) is 4.79 Å². The van der Waals surface area contributed by atoms with Crippen LogP contribution in [0, 0.1) is 12.3 Å². The molecule has 1 aromatic rings. The molecule has 5 heteroatoms. The van der Waals surface area contributed by atoms with Crippen molar-refractivity contribution in [2.75, 3.05) is 14.2 Å². The maximum Gasteiger partial charge on any atom is 0.224 e. The van der Waals surface area contributed by atoms with E-state index in [1.807, 2.05) is 6.92 Å². The van der Waals surface area contributed by atoms with Crippen molar-refractivity contribution in [3.63, 3.8) is 0 Å². The fourth-order valence-corrected chi connectivity index (χ4v) is 2.68. The number of rotatable bonds is 7. The van der Waals surface area contributed by atoms with E-state index in [2.05, 4.69) is 11.2 Å². The zero-order valence-corrected chi connectivity index (χ0v) is 14.2. The van der Waals surface area contributed by atoms with Gasteiger partial charge < -0.3 is 14.8 Å². The molecule has 0 aromatic heterocycles. The quantitative estimate of drug-likeness (QED) is 0.782. The van der Waals surface area contributed by atoms with Crippen LogP contribution in [0.1, 0.15) is 48.5 Å². The van der Waals surface area contributed by atoms with Crippen LogP contribution in [-0.4, -0.2) is 25.9 Å². The van der Waals surface area contributed by atoms with E-state index in [0.717, 1.165) is 12.8 Å². The third-order valence-electron chi connectivity index (χ3n) is 3.92. The second-order valence-corrected chi connectivity index (χ2v) is 5.47. The predicted octanol–water partition coefficient (Wildman–Crippen LogP) is 2.94. The van der Waals surface area contributed by atoms with Crippen LogP contribution < -0.4 is 14.8 Å². The third kappa shape index (κ3) is 3.28. The average Bonchev–Trinajstić information content (AvgIpc) is 2.84. The molecule has 1 amide bonds. The molecule has 0 atom stereocenters. The minimum Gasteiger partial charge on any atom is -0.493 e. The van der Waals surface area contributed by atoms with E-state index in [0.29, 0.717) is 34.6 Å². The smallest absolute Gasteiger partial charge is 0.224 e. The lowest BCUT2D eigenvalue weighted by Gasteiger charge is -2.10. The van der Waals surface area contributed by atoms with Gasteiger partial charge in [0.25, 0.3) is 0 Å². The molecule has 0 bridgehead atoms. The Morgan fingerprint density at radius 1 is 1.21 bits per heavy atom. The number of ketones is 1. The summed E-state index contributed by atoms with van der Waals surface area (Å²) in [4.78, 5) is 24.8. The van der Waals surface area contributed by atoms with Crippen LogP contribution in [0.5, 0.6) is 11.5 Å². The van der Waals surface area contributed by atoms with Gasteiger partial charge in [0.05, 0.1) is 19.9 Å². The van der Waals surface area contributed by atoms with Gasteiger partial charge >= 0.3 is 0 Å². The Morgan fingerprint density at radius 3 is 2.38 bits per heavy atom. The summed E-state index contributed by atoms with van der Waals surface area (Å²) in [6.45, 7) is 2.01. The number of allylic oxidation sites excluding steroid dienone is 2. The zero-order valence-electron chi connectivity index (χ0n) is 14.2. The number of unbranched alkanes of at least 4 members (excludes halogenated alkanes) is 1. The molecule has 126 valence electrons. The molecule has 0 radical (unpaired) electrons. The number of Topliss-reactive ketones (excluding diaryl/α,β-unsaturated/α-hetero) is 1. The first-order valence-electron chi connectivity index (χ1n) is 7.84. The molecule has 1 aliphatic carbocycles. The number of methoxy groups -OCH3 is 2. The van der Waals surface area contributed by atoms with Crippen molar-refractivity contribution >= 4 is 17.3 Å². The van der Waals surface area contributed by atoms with Crippen molar-refractivity contribution in [1.82, 2.24) is 5.32 Å². The summed E-state index contributed by atoms with van der Waals surface area (Å²) in [7, 11) is 3.03. The first-order chi connectivity index (χ1) is 11.6. The van der Waals surface area contributed by atoms with Crippen molar-refractivity contribution in [2.45, 2.75) is 32.6 Å². The van der Waals surface area contributed by atoms with Crippen LogP contribution in [0.25, 0.3) is 5.57 Å². The van der Waals surface area contributed by atoms with Crippen molar-refractivity contribution in [3.05, 3.63) is 29.0 Å². The summed E-state index contributed by atoms with van der Waals surface area (Å²) in [5.41, 5.74) is 2.05. The van der Waals surface area contributed by atoms with Gasteiger partial charge in [0.1, 0.15) is 0 Å². The lowest BCUT2D eigenvalue weighted by atomic mass is 10.0. The Kier molecular flexibility index (Phi) is 5.64. The number of hydrogen-bond acceptors (Lipinski definition) is 4.